The monoisotopic (exact) mass is 532 g/mol. The smallest absolute Gasteiger partial charge is 0.234 e. The number of aryl methyl sites for hydroxylation is 1. The summed E-state index contributed by atoms with van der Waals surface area (Å²) in [6.07, 6.45) is -1.92. The van der Waals surface area contributed by atoms with Crippen molar-refractivity contribution >= 4 is 47.4 Å². The molecule has 0 saturated carbocycles. The van der Waals surface area contributed by atoms with Crippen LogP contribution < -0.4 is 0 Å². The van der Waals surface area contributed by atoms with Gasteiger partial charge in [-0.1, -0.05) is 18.2 Å². The molecule has 0 atom stereocenters. The van der Waals surface area contributed by atoms with Crippen LogP contribution in [0.4, 0.5) is 13.2 Å². The number of alkyl halides is 3. The average molecular weight is 533 g/mol. The van der Waals surface area contributed by atoms with Crippen LogP contribution >= 0.6 is 11.3 Å². The van der Waals surface area contributed by atoms with Gasteiger partial charge in [-0.3, -0.25) is 0 Å². The Labute approximate surface area is 207 Å². The highest BCUT2D eigenvalue weighted by molar-refractivity contribution is 7.89. The van der Waals surface area contributed by atoms with Gasteiger partial charge in [0.25, 0.3) is 0 Å². The molecule has 1 aliphatic heterocycles. The molecule has 0 radical (unpaired) electrons. The van der Waals surface area contributed by atoms with Gasteiger partial charge in [0.05, 0.1) is 10.4 Å². The van der Waals surface area contributed by atoms with Gasteiger partial charge in [0.2, 0.25) is 10.0 Å². The van der Waals surface area contributed by atoms with Crippen molar-refractivity contribution in [3.05, 3.63) is 59.8 Å². The zero-order valence-electron chi connectivity index (χ0n) is 18.9. The van der Waals surface area contributed by atoms with Gasteiger partial charge in [0.1, 0.15) is 21.6 Å². The highest BCUT2D eigenvalue weighted by atomic mass is 32.2. The third-order valence-corrected chi connectivity index (χ3v) is 9.45. The van der Waals surface area contributed by atoms with Gasteiger partial charge >= 0.3 is 6.18 Å². The molecule has 5 heterocycles. The van der Waals surface area contributed by atoms with Crippen LogP contribution in [-0.2, 0) is 16.2 Å². The first-order valence-electron chi connectivity index (χ1n) is 11.2. The number of fused-ring (bicyclic) bond motifs is 5. The summed E-state index contributed by atoms with van der Waals surface area (Å²) in [6.45, 7) is 2.30. The minimum Gasteiger partial charge on any atom is -0.234 e. The minimum absolute atomic E-state index is 0.0479. The van der Waals surface area contributed by atoms with Gasteiger partial charge in [-0.15, -0.1) is 16.4 Å². The number of sulfonamides is 1. The molecule has 5 aromatic rings. The molecule has 0 spiro atoms. The van der Waals surface area contributed by atoms with E-state index in [1.165, 1.54) is 15.1 Å². The number of piperidine rings is 1. The predicted octanol–water partition coefficient (Wildman–Crippen LogP) is 4.78. The van der Waals surface area contributed by atoms with Gasteiger partial charge in [-0.25, -0.2) is 27.9 Å². The Morgan fingerprint density at radius 2 is 1.81 bits per heavy atom. The summed E-state index contributed by atoms with van der Waals surface area (Å²) in [6, 6.07) is 9.38. The molecule has 1 fully saturated rings. The number of nitrogens with zero attached hydrogens (tertiary/aromatic N) is 6. The molecule has 1 saturated heterocycles. The SMILES string of the molecule is Cc1cc(C(F)(F)F)nc2sc3c(ncn4nc(C5CCN(S(=O)(=O)c6ccccc6)CC5)nc34)c12. The van der Waals surface area contributed by atoms with E-state index in [1.807, 2.05) is 0 Å². The van der Waals surface area contributed by atoms with E-state index in [0.717, 1.165) is 17.4 Å². The summed E-state index contributed by atoms with van der Waals surface area (Å²) in [4.78, 5) is 13.5. The van der Waals surface area contributed by atoms with E-state index in [-0.39, 0.29) is 15.6 Å². The zero-order chi connectivity index (χ0) is 25.2. The summed E-state index contributed by atoms with van der Waals surface area (Å²) in [7, 11) is -3.56. The highest BCUT2D eigenvalue weighted by Gasteiger charge is 2.34. The molecular formula is C23H19F3N6O2S2. The summed E-state index contributed by atoms with van der Waals surface area (Å²) in [5.41, 5.74) is 0.561. The molecule has 1 aromatic carbocycles. The van der Waals surface area contributed by atoms with Gasteiger partial charge in [0.15, 0.2) is 11.5 Å². The highest BCUT2D eigenvalue weighted by Crippen LogP contribution is 2.39. The van der Waals surface area contributed by atoms with Crippen LogP contribution in [0, 0.1) is 6.92 Å². The van der Waals surface area contributed by atoms with Crippen LogP contribution in [0.5, 0.6) is 0 Å². The predicted molar refractivity (Wildman–Crippen MR) is 128 cm³/mol. The number of thiophene rings is 1. The van der Waals surface area contributed by atoms with E-state index >= 15 is 0 Å². The van der Waals surface area contributed by atoms with Crippen molar-refractivity contribution in [2.24, 2.45) is 0 Å². The van der Waals surface area contributed by atoms with Crippen molar-refractivity contribution in [3.8, 4) is 0 Å². The van der Waals surface area contributed by atoms with E-state index < -0.39 is 21.9 Å². The van der Waals surface area contributed by atoms with E-state index in [1.54, 1.807) is 37.3 Å². The molecule has 186 valence electrons. The fourth-order valence-corrected chi connectivity index (χ4v) is 7.31. The molecular weight excluding hydrogens is 513 g/mol. The Kier molecular flexibility index (Phi) is 5.28. The number of rotatable bonds is 3. The van der Waals surface area contributed by atoms with Crippen LogP contribution in [0.3, 0.4) is 0 Å². The van der Waals surface area contributed by atoms with Gasteiger partial charge in [-0.05, 0) is 43.5 Å². The maximum Gasteiger partial charge on any atom is 0.433 e. The molecule has 36 heavy (non-hydrogen) atoms. The maximum absolute atomic E-state index is 13.3. The Morgan fingerprint density at radius 3 is 2.50 bits per heavy atom. The van der Waals surface area contributed by atoms with Crippen LogP contribution in [0.15, 0.2) is 47.6 Å². The number of halogens is 3. The standard InChI is InChI=1S/C23H19F3N6O2S2/c1-13-11-16(23(24,25)26)28-22-17(13)18-19(35-22)21-29-20(30-32(21)12-27-18)14-7-9-31(10-8-14)36(33,34)15-5-3-2-4-6-15/h2-6,11-12,14H,7-10H2,1H3. The first-order valence-corrected chi connectivity index (χ1v) is 13.5. The van der Waals surface area contributed by atoms with Crippen molar-refractivity contribution in [3.63, 3.8) is 0 Å². The normalized spacial score (nSPS) is 16.4. The number of hydrogen-bond acceptors (Lipinski definition) is 7. The third kappa shape index (κ3) is 3.73. The molecule has 0 amide bonds. The van der Waals surface area contributed by atoms with Crippen molar-refractivity contribution in [2.75, 3.05) is 13.1 Å². The van der Waals surface area contributed by atoms with Crippen molar-refractivity contribution < 1.29 is 21.6 Å². The van der Waals surface area contributed by atoms with Crippen molar-refractivity contribution in [1.29, 1.82) is 0 Å². The average Bonchev–Trinajstić information content (AvgIpc) is 3.46. The molecule has 6 rings (SSSR count). The lowest BCUT2D eigenvalue weighted by Crippen LogP contribution is -2.38. The molecule has 8 nitrogen and oxygen atoms in total. The summed E-state index contributed by atoms with van der Waals surface area (Å²) in [5.74, 6) is 0.521. The lowest BCUT2D eigenvalue weighted by molar-refractivity contribution is -0.141. The third-order valence-electron chi connectivity index (χ3n) is 6.47. The second kappa shape index (κ2) is 8.18. The first-order chi connectivity index (χ1) is 17.1. The second-order valence-electron chi connectivity index (χ2n) is 8.76. The van der Waals surface area contributed by atoms with Crippen LogP contribution in [0.25, 0.3) is 26.1 Å². The molecule has 0 N–H and O–H groups in total. The summed E-state index contributed by atoms with van der Waals surface area (Å²) < 4.78 is 69.3. The summed E-state index contributed by atoms with van der Waals surface area (Å²) >= 11 is 1.11. The first kappa shape index (κ1) is 23.3. The van der Waals surface area contributed by atoms with Crippen LogP contribution in [0.2, 0.25) is 0 Å². The van der Waals surface area contributed by atoms with Crippen LogP contribution in [-0.4, -0.2) is 50.4 Å². The maximum atomic E-state index is 13.3. The zero-order valence-corrected chi connectivity index (χ0v) is 20.5. The van der Waals surface area contributed by atoms with Crippen LogP contribution in [0.1, 0.15) is 35.8 Å². The quantitative estimate of drug-likeness (QED) is 0.332. The Morgan fingerprint density at radius 1 is 1.08 bits per heavy atom. The van der Waals surface area contributed by atoms with Crippen molar-refractivity contribution in [2.45, 2.75) is 36.8 Å². The lowest BCUT2D eigenvalue weighted by atomic mass is 9.98. The number of benzene rings is 1. The fraction of sp³-hybridized carbons (Fsp3) is 0.304. The Balaban J connectivity index is 1.33. The van der Waals surface area contributed by atoms with Gasteiger partial charge in [0, 0.05) is 24.4 Å². The van der Waals surface area contributed by atoms with Crippen molar-refractivity contribution in [1.82, 2.24) is 28.9 Å². The fourth-order valence-electron chi connectivity index (χ4n) is 4.64. The van der Waals surface area contributed by atoms with E-state index in [4.69, 9.17) is 4.98 Å². The molecule has 0 unspecified atom stereocenters. The molecule has 0 bridgehead atoms. The molecule has 13 heteroatoms. The number of pyridine rings is 1. The number of hydrogen-bond donors (Lipinski definition) is 0. The van der Waals surface area contributed by atoms with E-state index in [2.05, 4.69) is 15.1 Å². The van der Waals surface area contributed by atoms with E-state index in [0.29, 0.717) is 58.6 Å². The minimum atomic E-state index is -4.54. The Hall–Kier alpha value is -3.16. The summed E-state index contributed by atoms with van der Waals surface area (Å²) in [5, 5.41) is 5.14. The lowest BCUT2D eigenvalue weighted by Gasteiger charge is -2.29. The molecule has 1 aliphatic rings. The second-order valence-corrected chi connectivity index (χ2v) is 11.7. The largest absolute Gasteiger partial charge is 0.433 e. The van der Waals surface area contributed by atoms with Gasteiger partial charge in [-0.2, -0.15) is 17.5 Å². The molecule has 4 aromatic heterocycles. The Bertz CT molecular complexity index is 1720. The van der Waals surface area contributed by atoms with Gasteiger partial charge < -0.3 is 0 Å². The molecule has 0 aliphatic carbocycles. The number of aromatic nitrogens is 5. The van der Waals surface area contributed by atoms with E-state index in [9.17, 15) is 21.6 Å². The topological polar surface area (TPSA) is 93.4 Å².